The Hall–Kier alpha value is -1.39. The lowest BCUT2D eigenvalue weighted by Gasteiger charge is -2.21. The molecule has 0 bridgehead atoms. The largest absolute Gasteiger partial charge is 0.351 e. The summed E-state index contributed by atoms with van der Waals surface area (Å²) in [7, 11) is 0. The molecule has 0 heterocycles. The SMILES string of the molecule is CC(C)(C)NC(=O)CCNC1CC(N)c2ccccc21. The van der Waals surface area contributed by atoms with Crippen LogP contribution in [0.2, 0.25) is 0 Å². The number of carbonyl (C=O) groups is 1. The van der Waals surface area contributed by atoms with Crippen LogP contribution in [0.3, 0.4) is 0 Å². The van der Waals surface area contributed by atoms with E-state index in [1.165, 1.54) is 11.1 Å². The minimum absolute atomic E-state index is 0.0839. The van der Waals surface area contributed by atoms with Crippen LogP contribution in [0.1, 0.15) is 56.8 Å². The second kappa shape index (κ2) is 5.94. The van der Waals surface area contributed by atoms with Crippen molar-refractivity contribution in [3.05, 3.63) is 35.4 Å². The number of hydrogen-bond donors (Lipinski definition) is 3. The minimum Gasteiger partial charge on any atom is -0.351 e. The number of nitrogens with two attached hydrogens (primary N) is 1. The van der Waals surface area contributed by atoms with Gasteiger partial charge in [-0.2, -0.15) is 0 Å². The fourth-order valence-electron chi connectivity index (χ4n) is 2.71. The third kappa shape index (κ3) is 3.81. The highest BCUT2D eigenvalue weighted by Gasteiger charge is 2.27. The number of hydrogen-bond acceptors (Lipinski definition) is 3. The Morgan fingerprint density at radius 1 is 1.30 bits per heavy atom. The normalized spacial score (nSPS) is 21.6. The summed E-state index contributed by atoms with van der Waals surface area (Å²) in [4.78, 5) is 11.8. The summed E-state index contributed by atoms with van der Waals surface area (Å²) in [5.74, 6) is 0.0839. The maximum atomic E-state index is 11.8. The molecule has 1 aliphatic carbocycles. The van der Waals surface area contributed by atoms with Crippen LogP contribution in [0.25, 0.3) is 0 Å². The Morgan fingerprint density at radius 2 is 1.95 bits per heavy atom. The Morgan fingerprint density at radius 3 is 2.60 bits per heavy atom. The average Bonchev–Trinajstić information content (AvgIpc) is 2.65. The van der Waals surface area contributed by atoms with E-state index >= 15 is 0 Å². The Bertz CT molecular complexity index is 479. The molecule has 2 atom stereocenters. The Kier molecular flexibility index (Phi) is 4.45. The molecule has 0 radical (unpaired) electrons. The van der Waals surface area contributed by atoms with Crippen LogP contribution in [0.15, 0.2) is 24.3 Å². The lowest BCUT2D eigenvalue weighted by Crippen LogP contribution is -2.41. The van der Waals surface area contributed by atoms with Crippen LogP contribution in [-0.2, 0) is 4.79 Å². The second-order valence-corrected chi connectivity index (χ2v) is 6.53. The van der Waals surface area contributed by atoms with Gasteiger partial charge in [-0.05, 0) is 38.3 Å². The van der Waals surface area contributed by atoms with Gasteiger partial charge in [-0.3, -0.25) is 4.79 Å². The average molecular weight is 275 g/mol. The first-order valence-electron chi connectivity index (χ1n) is 7.25. The van der Waals surface area contributed by atoms with E-state index in [0.717, 1.165) is 6.42 Å². The van der Waals surface area contributed by atoms with Crippen LogP contribution in [0.5, 0.6) is 0 Å². The zero-order valence-electron chi connectivity index (χ0n) is 12.6. The molecular weight excluding hydrogens is 250 g/mol. The summed E-state index contributed by atoms with van der Waals surface area (Å²) in [5.41, 5.74) is 8.47. The first-order valence-corrected chi connectivity index (χ1v) is 7.25. The van der Waals surface area contributed by atoms with Crippen LogP contribution >= 0.6 is 0 Å². The van der Waals surface area contributed by atoms with Gasteiger partial charge in [0.2, 0.25) is 5.91 Å². The molecule has 1 aliphatic rings. The zero-order valence-corrected chi connectivity index (χ0v) is 12.6. The number of benzene rings is 1. The summed E-state index contributed by atoms with van der Waals surface area (Å²) in [6, 6.07) is 8.65. The molecule has 0 saturated carbocycles. The topological polar surface area (TPSA) is 67.2 Å². The summed E-state index contributed by atoms with van der Waals surface area (Å²) >= 11 is 0. The first kappa shape index (κ1) is 15.0. The number of rotatable bonds is 4. The van der Waals surface area contributed by atoms with Crippen LogP contribution in [0.4, 0.5) is 0 Å². The first-order chi connectivity index (χ1) is 9.37. The molecule has 1 amide bonds. The molecule has 0 saturated heterocycles. The maximum Gasteiger partial charge on any atom is 0.221 e. The van der Waals surface area contributed by atoms with Crippen molar-refractivity contribution < 1.29 is 4.79 Å². The van der Waals surface area contributed by atoms with Crippen molar-refractivity contribution in [3.63, 3.8) is 0 Å². The van der Waals surface area contributed by atoms with Crippen LogP contribution in [-0.4, -0.2) is 18.0 Å². The van der Waals surface area contributed by atoms with E-state index < -0.39 is 0 Å². The van der Waals surface area contributed by atoms with Gasteiger partial charge in [-0.15, -0.1) is 0 Å². The lowest BCUT2D eigenvalue weighted by atomic mass is 10.1. The summed E-state index contributed by atoms with van der Waals surface area (Å²) in [6.07, 6.45) is 1.39. The minimum atomic E-state index is -0.167. The lowest BCUT2D eigenvalue weighted by molar-refractivity contribution is -0.122. The maximum absolute atomic E-state index is 11.8. The highest BCUT2D eigenvalue weighted by atomic mass is 16.1. The predicted molar refractivity (Wildman–Crippen MR) is 81.2 cm³/mol. The molecule has 0 aliphatic heterocycles. The van der Waals surface area contributed by atoms with Crippen molar-refractivity contribution in [2.45, 2.75) is 51.2 Å². The van der Waals surface area contributed by atoms with Gasteiger partial charge in [0.1, 0.15) is 0 Å². The third-order valence-corrected chi connectivity index (χ3v) is 3.52. The van der Waals surface area contributed by atoms with Gasteiger partial charge in [0.15, 0.2) is 0 Å². The zero-order chi connectivity index (χ0) is 14.8. The molecule has 2 rings (SSSR count). The van der Waals surface area contributed by atoms with E-state index in [1.54, 1.807) is 0 Å². The summed E-state index contributed by atoms with van der Waals surface area (Å²) < 4.78 is 0. The highest BCUT2D eigenvalue weighted by Crippen LogP contribution is 2.36. The Labute approximate surface area is 121 Å². The molecule has 1 aromatic carbocycles. The molecule has 4 heteroatoms. The number of fused-ring (bicyclic) bond motifs is 1. The van der Waals surface area contributed by atoms with Gasteiger partial charge in [-0.25, -0.2) is 0 Å². The van der Waals surface area contributed by atoms with Gasteiger partial charge in [0, 0.05) is 30.6 Å². The van der Waals surface area contributed by atoms with E-state index in [0.29, 0.717) is 13.0 Å². The van der Waals surface area contributed by atoms with Gasteiger partial charge in [0.05, 0.1) is 0 Å². The molecule has 4 nitrogen and oxygen atoms in total. The molecular formula is C16H25N3O. The molecule has 20 heavy (non-hydrogen) atoms. The van der Waals surface area contributed by atoms with Crippen molar-refractivity contribution in [2.24, 2.45) is 5.73 Å². The fraction of sp³-hybridized carbons (Fsp3) is 0.562. The van der Waals surface area contributed by atoms with Crippen molar-refractivity contribution in [1.82, 2.24) is 10.6 Å². The number of nitrogens with one attached hydrogen (secondary N) is 2. The fourth-order valence-corrected chi connectivity index (χ4v) is 2.71. The van der Waals surface area contributed by atoms with E-state index in [2.05, 4.69) is 22.8 Å². The molecule has 0 fully saturated rings. The van der Waals surface area contributed by atoms with Crippen molar-refractivity contribution in [2.75, 3.05) is 6.54 Å². The summed E-state index contributed by atoms with van der Waals surface area (Å²) in [6.45, 7) is 6.65. The van der Waals surface area contributed by atoms with Crippen molar-refractivity contribution in [3.8, 4) is 0 Å². The molecule has 4 N–H and O–H groups in total. The van der Waals surface area contributed by atoms with Crippen LogP contribution in [0, 0.1) is 0 Å². The van der Waals surface area contributed by atoms with Gasteiger partial charge >= 0.3 is 0 Å². The van der Waals surface area contributed by atoms with Crippen LogP contribution < -0.4 is 16.4 Å². The molecule has 0 spiro atoms. The molecule has 1 aromatic rings. The smallest absolute Gasteiger partial charge is 0.221 e. The molecule has 0 aromatic heterocycles. The number of amides is 1. The van der Waals surface area contributed by atoms with Crippen molar-refractivity contribution >= 4 is 5.91 Å². The molecule has 110 valence electrons. The number of carbonyl (C=O) groups excluding carboxylic acids is 1. The molecule has 2 unspecified atom stereocenters. The third-order valence-electron chi connectivity index (χ3n) is 3.52. The predicted octanol–water partition coefficient (Wildman–Crippen LogP) is 2.03. The van der Waals surface area contributed by atoms with Gasteiger partial charge in [0.25, 0.3) is 0 Å². The highest BCUT2D eigenvalue weighted by molar-refractivity contribution is 5.76. The van der Waals surface area contributed by atoms with Crippen molar-refractivity contribution in [1.29, 1.82) is 0 Å². The standard InChI is InChI=1S/C16H25N3O/c1-16(2,3)19-15(20)8-9-18-14-10-13(17)11-6-4-5-7-12(11)14/h4-7,13-14,18H,8-10,17H2,1-3H3,(H,19,20). The monoisotopic (exact) mass is 275 g/mol. The van der Waals surface area contributed by atoms with Gasteiger partial charge < -0.3 is 16.4 Å². The second-order valence-electron chi connectivity index (χ2n) is 6.53. The summed E-state index contributed by atoms with van der Waals surface area (Å²) in [5, 5.41) is 6.41. The quantitative estimate of drug-likeness (QED) is 0.787. The van der Waals surface area contributed by atoms with E-state index in [9.17, 15) is 4.79 Å². The Balaban J connectivity index is 1.83. The van der Waals surface area contributed by atoms with E-state index in [4.69, 9.17) is 5.73 Å². The van der Waals surface area contributed by atoms with E-state index in [1.807, 2.05) is 32.9 Å². The van der Waals surface area contributed by atoms with Gasteiger partial charge in [-0.1, -0.05) is 24.3 Å². The van der Waals surface area contributed by atoms with E-state index in [-0.39, 0.29) is 23.5 Å².